The van der Waals surface area contributed by atoms with Crippen LogP contribution in [0.25, 0.3) is 0 Å². The van der Waals surface area contributed by atoms with Crippen molar-refractivity contribution < 1.29 is 0 Å². The van der Waals surface area contributed by atoms with Crippen LogP contribution in [0.3, 0.4) is 0 Å². The molecule has 1 aliphatic rings. The smallest absolute Gasteiger partial charge is 0.0722 e. The summed E-state index contributed by atoms with van der Waals surface area (Å²) in [7, 11) is 2.02. The van der Waals surface area contributed by atoms with Crippen LogP contribution in [0.15, 0.2) is 6.20 Å². The zero-order valence-electron chi connectivity index (χ0n) is 13.9. The van der Waals surface area contributed by atoms with Crippen LogP contribution >= 0.6 is 0 Å². The minimum absolute atomic E-state index is 0.123. The van der Waals surface area contributed by atoms with Gasteiger partial charge in [-0.2, -0.15) is 5.10 Å². The molecule has 0 radical (unpaired) electrons. The van der Waals surface area contributed by atoms with Crippen molar-refractivity contribution in [2.45, 2.75) is 77.8 Å². The summed E-state index contributed by atoms with van der Waals surface area (Å²) in [5.41, 5.74) is 2.71. The van der Waals surface area contributed by atoms with Crippen LogP contribution in [0, 0.1) is 5.92 Å². The summed E-state index contributed by atoms with van der Waals surface area (Å²) in [5, 5.41) is 8.40. The summed E-state index contributed by atoms with van der Waals surface area (Å²) in [5.74, 6) is 0.969. The lowest BCUT2D eigenvalue weighted by atomic mass is 9.84. The third-order valence-electron chi connectivity index (χ3n) is 4.62. The van der Waals surface area contributed by atoms with Gasteiger partial charge >= 0.3 is 0 Å². The summed E-state index contributed by atoms with van der Waals surface area (Å²) in [6, 6.07) is 0.700. The number of aryl methyl sites for hydroxylation is 1. The maximum Gasteiger partial charge on any atom is 0.0722 e. The van der Waals surface area contributed by atoms with E-state index in [-0.39, 0.29) is 5.41 Å². The van der Waals surface area contributed by atoms with E-state index in [0.717, 1.165) is 12.5 Å². The third kappa shape index (κ3) is 3.85. The predicted molar refractivity (Wildman–Crippen MR) is 84.8 cm³/mol. The molecular weight excluding hydrogens is 246 g/mol. The Balaban J connectivity index is 1.92. The Hall–Kier alpha value is -0.830. The second kappa shape index (κ2) is 6.30. The van der Waals surface area contributed by atoms with E-state index in [1.165, 1.54) is 43.4 Å². The maximum absolute atomic E-state index is 4.65. The second-order valence-electron chi connectivity index (χ2n) is 7.43. The molecule has 1 fully saturated rings. The first-order chi connectivity index (χ1) is 9.40. The van der Waals surface area contributed by atoms with E-state index < -0.39 is 0 Å². The van der Waals surface area contributed by atoms with Crippen molar-refractivity contribution in [3.05, 3.63) is 17.5 Å². The van der Waals surface area contributed by atoms with Gasteiger partial charge in [0.05, 0.1) is 5.69 Å². The number of hydrogen-bond acceptors (Lipinski definition) is 2. The van der Waals surface area contributed by atoms with Crippen molar-refractivity contribution in [3.8, 4) is 0 Å². The average molecular weight is 277 g/mol. The minimum Gasteiger partial charge on any atom is -0.310 e. The van der Waals surface area contributed by atoms with E-state index >= 15 is 0 Å². The molecule has 114 valence electrons. The fourth-order valence-corrected chi connectivity index (χ4v) is 3.33. The lowest BCUT2D eigenvalue weighted by Crippen LogP contribution is -2.33. The van der Waals surface area contributed by atoms with Crippen molar-refractivity contribution in [3.63, 3.8) is 0 Å². The van der Waals surface area contributed by atoms with Crippen LogP contribution in [0.2, 0.25) is 0 Å². The van der Waals surface area contributed by atoms with Gasteiger partial charge in [0.15, 0.2) is 0 Å². The highest BCUT2D eigenvalue weighted by Gasteiger charge is 2.23. The molecule has 1 heterocycles. The lowest BCUT2D eigenvalue weighted by Gasteiger charge is -2.28. The summed E-state index contributed by atoms with van der Waals surface area (Å²) in [6.07, 6.45) is 8.99. The maximum atomic E-state index is 4.65. The molecule has 20 heavy (non-hydrogen) atoms. The van der Waals surface area contributed by atoms with E-state index in [1.807, 2.05) is 11.7 Å². The molecule has 0 amide bonds. The quantitative estimate of drug-likeness (QED) is 0.907. The van der Waals surface area contributed by atoms with Gasteiger partial charge < -0.3 is 5.32 Å². The molecule has 0 aromatic carbocycles. The fraction of sp³-hybridized carbons (Fsp3) is 0.824. The SMILES string of the molecule is CCC1CCC(NCc2cn(C)nc2C(C)(C)C)CC1. The van der Waals surface area contributed by atoms with Gasteiger partial charge in [-0.25, -0.2) is 0 Å². The molecule has 1 N–H and O–H groups in total. The number of nitrogens with zero attached hydrogens (tertiary/aromatic N) is 2. The van der Waals surface area contributed by atoms with Crippen LogP contribution in [0.4, 0.5) is 0 Å². The molecule has 1 aromatic heterocycles. The van der Waals surface area contributed by atoms with Crippen molar-refractivity contribution in [1.82, 2.24) is 15.1 Å². The molecule has 0 saturated heterocycles. The molecule has 0 atom stereocenters. The first kappa shape index (κ1) is 15.6. The van der Waals surface area contributed by atoms with Gasteiger partial charge in [-0.15, -0.1) is 0 Å². The van der Waals surface area contributed by atoms with Gasteiger partial charge in [-0.3, -0.25) is 4.68 Å². The minimum atomic E-state index is 0.123. The van der Waals surface area contributed by atoms with E-state index in [1.54, 1.807) is 0 Å². The Kier molecular flexibility index (Phi) is 4.90. The number of hydrogen-bond donors (Lipinski definition) is 1. The monoisotopic (exact) mass is 277 g/mol. The van der Waals surface area contributed by atoms with E-state index in [2.05, 4.69) is 44.3 Å². The molecule has 3 nitrogen and oxygen atoms in total. The topological polar surface area (TPSA) is 29.9 Å². The highest BCUT2D eigenvalue weighted by molar-refractivity contribution is 5.23. The Morgan fingerprint density at radius 2 is 1.90 bits per heavy atom. The van der Waals surface area contributed by atoms with Crippen molar-refractivity contribution in [2.24, 2.45) is 13.0 Å². The summed E-state index contributed by atoms with van der Waals surface area (Å²) in [4.78, 5) is 0. The fourth-order valence-electron chi connectivity index (χ4n) is 3.33. The number of rotatable bonds is 4. The Bertz CT molecular complexity index is 420. The van der Waals surface area contributed by atoms with Crippen molar-refractivity contribution >= 4 is 0 Å². The zero-order chi connectivity index (χ0) is 14.8. The van der Waals surface area contributed by atoms with Crippen molar-refractivity contribution in [2.75, 3.05) is 0 Å². The molecule has 1 aromatic rings. The molecule has 3 heteroatoms. The van der Waals surface area contributed by atoms with Crippen LogP contribution in [0.5, 0.6) is 0 Å². The van der Waals surface area contributed by atoms with Gasteiger partial charge in [0, 0.05) is 36.8 Å². The molecule has 2 rings (SSSR count). The highest BCUT2D eigenvalue weighted by atomic mass is 15.3. The van der Waals surface area contributed by atoms with Gasteiger partial charge in [0.1, 0.15) is 0 Å². The van der Waals surface area contributed by atoms with E-state index in [0.29, 0.717) is 6.04 Å². The first-order valence-electron chi connectivity index (χ1n) is 8.16. The second-order valence-corrected chi connectivity index (χ2v) is 7.43. The largest absolute Gasteiger partial charge is 0.310 e. The first-order valence-corrected chi connectivity index (χ1v) is 8.16. The Morgan fingerprint density at radius 3 is 2.45 bits per heavy atom. The third-order valence-corrected chi connectivity index (χ3v) is 4.62. The molecule has 1 saturated carbocycles. The highest BCUT2D eigenvalue weighted by Crippen LogP contribution is 2.28. The van der Waals surface area contributed by atoms with Crippen LogP contribution in [0.1, 0.15) is 71.1 Å². The standard InChI is InChI=1S/C17H31N3/c1-6-13-7-9-15(10-8-13)18-11-14-12-20(5)19-16(14)17(2,3)4/h12-13,15,18H,6-11H2,1-5H3. The summed E-state index contributed by atoms with van der Waals surface area (Å²) in [6.45, 7) is 10.0. The van der Waals surface area contributed by atoms with Crippen LogP contribution < -0.4 is 5.32 Å². The van der Waals surface area contributed by atoms with Crippen molar-refractivity contribution in [1.29, 1.82) is 0 Å². The zero-order valence-corrected chi connectivity index (χ0v) is 13.9. The molecule has 0 aliphatic heterocycles. The van der Waals surface area contributed by atoms with E-state index in [4.69, 9.17) is 0 Å². The number of nitrogens with one attached hydrogen (secondary N) is 1. The molecule has 0 spiro atoms. The normalized spacial score (nSPS) is 24.1. The number of aromatic nitrogens is 2. The Labute approximate surface area is 124 Å². The van der Waals surface area contributed by atoms with Gasteiger partial charge in [0.2, 0.25) is 0 Å². The van der Waals surface area contributed by atoms with Gasteiger partial charge in [-0.1, -0.05) is 34.1 Å². The predicted octanol–water partition coefficient (Wildman–Crippen LogP) is 3.78. The van der Waals surface area contributed by atoms with Crippen LogP contribution in [-0.2, 0) is 19.0 Å². The molecule has 1 aliphatic carbocycles. The van der Waals surface area contributed by atoms with Gasteiger partial charge in [0.25, 0.3) is 0 Å². The molecule has 0 bridgehead atoms. The average Bonchev–Trinajstić information content (AvgIpc) is 2.78. The summed E-state index contributed by atoms with van der Waals surface area (Å²) >= 11 is 0. The Morgan fingerprint density at radius 1 is 1.25 bits per heavy atom. The van der Waals surface area contributed by atoms with E-state index in [9.17, 15) is 0 Å². The lowest BCUT2D eigenvalue weighted by molar-refractivity contribution is 0.285. The van der Waals surface area contributed by atoms with Crippen LogP contribution in [-0.4, -0.2) is 15.8 Å². The molecule has 0 unspecified atom stereocenters. The summed E-state index contributed by atoms with van der Waals surface area (Å²) < 4.78 is 1.95. The molecular formula is C17H31N3. The van der Waals surface area contributed by atoms with Gasteiger partial charge in [-0.05, 0) is 31.6 Å².